The van der Waals surface area contributed by atoms with Crippen LogP contribution < -0.4 is 4.74 Å². The van der Waals surface area contributed by atoms with Crippen molar-refractivity contribution in [3.63, 3.8) is 0 Å². The molecule has 6 heteroatoms. The number of amides is 1. The van der Waals surface area contributed by atoms with Gasteiger partial charge in [0, 0.05) is 24.8 Å². The molecule has 1 aromatic heterocycles. The lowest BCUT2D eigenvalue weighted by molar-refractivity contribution is 0.0772. The molecule has 0 unspecified atom stereocenters. The molecule has 0 N–H and O–H groups in total. The lowest BCUT2D eigenvalue weighted by atomic mass is 10.2. The standard InChI is InChI=1S/C16H20ClN3O2/c1-11-15(12(2)20(4)18-11)16(21)19(3)8-9-22-14-7-5-6-13(17)10-14/h5-7,10H,8-9H2,1-4H3. The molecule has 0 atom stereocenters. The van der Waals surface area contributed by atoms with Crippen molar-refractivity contribution in [2.24, 2.45) is 7.05 Å². The highest BCUT2D eigenvalue weighted by atomic mass is 35.5. The molecule has 0 aliphatic rings. The fourth-order valence-corrected chi connectivity index (χ4v) is 2.41. The summed E-state index contributed by atoms with van der Waals surface area (Å²) >= 11 is 5.90. The Morgan fingerprint density at radius 2 is 2.14 bits per heavy atom. The molecule has 0 bridgehead atoms. The van der Waals surface area contributed by atoms with Gasteiger partial charge in [0.2, 0.25) is 0 Å². The third kappa shape index (κ3) is 3.60. The number of hydrogen-bond acceptors (Lipinski definition) is 3. The van der Waals surface area contributed by atoms with Crippen LogP contribution in [0.2, 0.25) is 5.02 Å². The number of carbonyl (C=O) groups is 1. The monoisotopic (exact) mass is 321 g/mol. The van der Waals surface area contributed by atoms with E-state index in [0.717, 1.165) is 11.4 Å². The first-order valence-corrected chi connectivity index (χ1v) is 7.42. The van der Waals surface area contributed by atoms with Crippen LogP contribution in [0.15, 0.2) is 24.3 Å². The summed E-state index contributed by atoms with van der Waals surface area (Å²) in [5, 5.41) is 4.90. The highest BCUT2D eigenvalue weighted by Gasteiger charge is 2.20. The molecule has 118 valence electrons. The SMILES string of the molecule is Cc1nn(C)c(C)c1C(=O)N(C)CCOc1cccc(Cl)c1. The zero-order valence-electron chi connectivity index (χ0n) is 13.3. The van der Waals surface area contributed by atoms with E-state index in [1.807, 2.05) is 33.0 Å². The second-order valence-corrected chi connectivity index (χ2v) is 5.64. The summed E-state index contributed by atoms with van der Waals surface area (Å²) in [6.07, 6.45) is 0. The predicted molar refractivity (Wildman–Crippen MR) is 86.6 cm³/mol. The number of carbonyl (C=O) groups excluding carboxylic acids is 1. The number of likely N-dealkylation sites (N-methyl/N-ethyl adjacent to an activating group) is 1. The summed E-state index contributed by atoms with van der Waals surface area (Å²) in [4.78, 5) is 14.1. The largest absolute Gasteiger partial charge is 0.492 e. The molecule has 0 aliphatic heterocycles. The Hall–Kier alpha value is -2.01. The van der Waals surface area contributed by atoms with Gasteiger partial charge in [-0.2, -0.15) is 5.10 Å². The second kappa shape index (κ2) is 6.83. The lowest BCUT2D eigenvalue weighted by Crippen LogP contribution is -2.31. The van der Waals surface area contributed by atoms with Gasteiger partial charge in [0.25, 0.3) is 5.91 Å². The molecule has 1 heterocycles. The summed E-state index contributed by atoms with van der Waals surface area (Å²) in [6.45, 7) is 4.63. The van der Waals surface area contributed by atoms with Crippen LogP contribution >= 0.6 is 11.6 Å². The number of nitrogens with zero attached hydrogens (tertiary/aromatic N) is 3. The third-order valence-corrected chi connectivity index (χ3v) is 3.80. The normalized spacial score (nSPS) is 10.6. The first kappa shape index (κ1) is 16.4. The van der Waals surface area contributed by atoms with Crippen LogP contribution in [-0.4, -0.2) is 40.8 Å². The number of aromatic nitrogens is 2. The smallest absolute Gasteiger partial charge is 0.257 e. The fourth-order valence-electron chi connectivity index (χ4n) is 2.23. The number of benzene rings is 1. The van der Waals surface area contributed by atoms with Gasteiger partial charge < -0.3 is 9.64 Å². The van der Waals surface area contributed by atoms with Crippen molar-refractivity contribution >= 4 is 17.5 Å². The zero-order valence-corrected chi connectivity index (χ0v) is 14.0. The van der Waals surface area contributed by atoms with E-state index in [4.69, 9.17) is 16.3 Å². The topological polar surface area (TPSA) is 47.4 Å². The van der Waals surface area contributed by atoms with E-state index in [1.54, 1.807) is 28.8 Å². The minimum Gasteiger partial charge on any atom is -0.492 e. The number of hydrogen-bond donors (Lipinski definition) is 0. The average Bonchev–Trinajstić information content (AvgIpc) is 2.71. The van der Waals surface area contributed by atoms with Crippen LogP contribution in [0.4, 0.5) is 0 Å². The van der Waals surface area contributed by atoms with E-state index in [0.29, 0.717) is 29.5 Å². The van der Waals surface area contributed by atoms with E-state index in [1.165, 1.54) is 0 Å². The van der Waals surface area contributed by atoms with Crippen LogP contribution in [0, 0.1) is 13.8 Å². The molecule has 2 aromatic rings. The van der Waals surface area contributed by atoms with E-state index < -0.39 is 0 Å². The number of ether oxygens (including phenoxy) is 1. The van der Waals surface area contributed by atoms with Gasteiger partial charge in [-0.3, -0.25) is 9.48 Å². The molecular weight excluding hydrogens is 302 g/mol. The average molecular weight is 322 g/mol. The fraction of sp³-hybridized carbons (Fsp3) is 0.375. The summed E-state index contributed by atoms with van der Waals surface area (Å²) in [7, 11) is 3.59. The Balaban J connectivity index is 1.94. The van der Waals surface area contributed by atoms with E-state index in [9.17, 15) is 4.79 Å². The molecule has 0 fully saturated rings. The molecule has 5 nitrogen and oxygen atoms in total. The molecule has 0 radical (unpaired) electrons. The zero-order chi connectivity index (χ0) is 16.3. The van der Waals surface area contributed by atoms with Crippen LogP contribution in [0.5, 0.6) is 5.75 Å². The van der Waals surface area contributed by atoms with Gasteiger partial charge in [-0.1, -0.05) is 17.7 Å². The Morgan fingerprint density at radius 3 is 2.73 bits per heavy atom. The molecule has 1 aromatic carbocycles. The number of aryl methyl sites for hydroxylation is 2. The highest BCUT2D eigenvalue weighted by Crippen LogP contribution is 2.17. The van der Waals surface area contributed by atoms with E-state index in [2.05, 4.69) is 5.10 Å². The minimum atomic E-state index is -0.0437. The van der Waals surface area contributed by atoms with E-state index in [-0.39, 0.29) is 5.91 Å². The maximum atomic E-state index is 12.5. The van der Waals surface area contributed by atoms with Crippen molar-refractivity contribution in [2.45, 2.75) is 13.8 Å². The van der Waals surface area contributed by atoms with E-state index >= 15 is 0 Å². The number of halogens is 1. The van der Waals surface area contributed by atoms with Gasteiger partial charge in [0.05, 0.1) is 17.8 Å². The molecule has 0 saturated heterocycles. The van der Waals surface area contributed by atoms with Crippen molar-refractivity contribution in [1.29, 1.82) is 0 Å². The quantitative estimate of drug-likeness (QED) is 0.850. The maximum Gasteiger partial charge on any atom is 0.257 e. The molecule has 0 aliphatic carbocycles. The lowest BCUT2D eigenvalue weighted by Gasteiger charge is -2.18. The Bertz CT molecular complexity index is 682. The summed E-state index contributed by atoms with van der Waals surface area (Å²) < 4.78 is 7.33. The molecule has 2 rings (SSSR count). The van der Waals surface area contributed by atoms with Crippen LogP contribution in [0.1, 0.15) is 21.7 Å². The van der Waals surface area contributed by atoms with Crippen LogP contribution in [-0.2, 0) is 7.05 Å². The first-order valence-electron chi connectivity index (χ1n) is 7.04. The van der Waals surface area contributed by atoms with Gasteiger partial charge in [-0.25, -0.2) is 0 Å². The summed E-state index contributed by atoms with van der Waals surface area (Å²) in [6, 6.07) is 7.20. The highest BCUT2D eigenvalue weighted by molar-refractivity contribution is 6.30. The summed E-state index contributed by atoms with van der Waals surface area (Å²) in [5.41, 5.74) is 2.27. The summed E-state index contributed by atoms with van der Waals surface area (Å²) in [5.74, 6) is 0.653. The molecule has 0 spiro atoms. The molecular formula is C16H20ClN3O2. The third-order valence-electron chi connectivity index (χ3n) is 3.56. The van der Waals surface area contributed by atoms with Crippen molar-refractivity contribution in [1.82, 2.24) is 14.7 Å². The maximum absolute atomic E-state index is 12.5. The van der Waals surface area contributed by atoms with Crippen molar-refractivity contribution in [2.75, 3.05) is 20.2 Å². The number of rotatable bonds is 5. The molecule has 1 amide bonds. The first-order chi connectivity index (χ1) is 10.4. The Morgan fingerprint density at radius 1 is 1.41 bits per heavy atom. The van der Waals surface area contributed by atoms with Crippen molar-refractivity contribution in [3.05, 3.63) is 46.2 Å². The predicted octanol–water partition coefficient (Wildman–Crippen LogP) is 2.84. The van der Waals surface area contributed by atoms with Gasteiger partial charge in [0.1, 0.15) is 12.4 Å². The van der Waals surface area contributed by atoms with Gasteiger partial charge in [-0.05, 0) is 32.0 Å². The van der Waals surface area contributed by atoms with Crippen LogP contribution in [0.3, 0.4) is 0 Å². The molecule has 22 heavy (non-hydrogen) atoms. The Labute approximate surface area is 135 Å². The van der Waals surface area contributed by atoms with Gasteiger partial charge in [-0.15, -0.1) is 0 Å². The Kier molecular flexibility index (Phi) is 5.08. The molecule has 0 saturated carbocycles. The van der Waals surface area contributed by atoms with Gasteiger partial charge in [0.15, 0.2) is 0 Å². The van der Waals surface area contributed by atoms with Crippen molar-refractivity contribution < 1.29 is 9.53 Å². The van der Waals surface area contributed by atoms with Crippen molar-refractivity contribution in [3.8, 4) is 5.75 Å². The second-order valence-electron chi connectivity index (χ2n) is 5.20. The van der Waals surface area contributed by atoms with Crippen LogP contribution in [0.25, 0.3) is 0 Å². The van der Waals surface area contributed by atoms with Gasteiger partial charge >= 0.3 is 0 Å². The minimum absolute atomic E-state index is 0.0437.